The van der Waals surface area contributed by atoms with E-state index in [-0.39, 0.29) is 12.3 Å². The second-order valence-corrected chi connectivity index (χ2v) is 8.35. The van der Waals surface area contributed by atoms with Crippen LogP contribution in [-0.4, -0.2) is 46.9 Å². The van der Waals surface area contributed by atoms with Gasteiger partial charge in [0.05, 0.1) is 13.4 Å². The number of ether oxygens (including phenoxy) is 1. The van der Waals surface area contributed by atoms with Crippen molar-refractivity contribution in [3.8, 4) is 0 Å². The van der Waals surface area contributed by atoms with E-state index in [9.17, 15) is 14.4 Å². The van der Waals surface area contributed by atoms with Crippen molar-refractivity contribution in [3.05, 3.63) is 90.0 Å². The molecule has 1 heterocycles. The lowest BCUT2D eigenvalue weighted by atomic mass is 10.0. The molecule has 1 aromatic heterocycles. The van der Waals surface area contributed by atoms with Crippen LogP contribution in [-0.2, 0) is 38.4 Å². The maximum absolute atomic E-state index is 13.2. The Balaban J connectivity index is 1.63. The van der Waals surface area contributed by atoms with E-state index in [1.54, 1.807) is 12.5 Å². The first-order valence-corrected chi connectivity index (χ1v) is 11.8. The molecular weight excluding hydrogens is 444 g/mol. The van der Waals surface area contributed by atoms with Gasteiger partial charge in [0.15, 0.2) is 0 Å². The average Bonchev–Trinajstić information content (AvgIpc) is 3.41. The van der Waals surface area contributed by atoms with Gasteiger partial charge in [-0.05, 0) is 36.8 Å². The van der Waals surface area contributed by atoms with Gasteiger partial charge in [0.1, 0.15) is 12.1 Å². The molecular formula is C27H32N4O4. The summed E-state index contributed by atoms with van der Waals surface area (Å²) in [5.74, 6) is -1.16. The van der Waals surface area contributed by atoms with Crippen LogP contribution >= 0.6 is 0 Å². The van der Waals surface area contributed by atoms with E-state index < -0.39 is 24.0 Å². The number of rotatable bonds is 13. The smallest absolute Gasteiger partial charge is 0.328 e. The predicted molar refractivity (Wildman–Crippen MR) is 132 cm³/mol. The molecule has 0 bridgehead atoms. The zero-order chi connectivity index (χ0) is 24.9. The van der Waals surface area contributed by atoms with Gasteiger partial charge in [0.25, 0.3) is 0 Å². The van der Waals surface area contributed by atoms with E-state index in [0.29, 0.717) is 32.1 Å². The highest BCUT2D eigenvalue weighted by atomic mass is 16.5. The van der Waals surface area contributed by atoms with Crippen molar-refractivity contribution in [2.24, 2.45) is 0 Å². The topological polar surface area (TPSA) is 113 Å². The number of aromatic amines is 1. The van der Waals surface area contributed by atoms with Gasteiger partial charge in [-0.15, -0.1) is 0 Å². The normalized spacial score (nSPS) is 12.4. The van der Waals surface area contributed by atoms with Crippen LogP contribution in [0.25, 0.3) is 0 Å². The summed E-state index contributed by atoms with van der Waals surface area (Å²) in [6, 6.07) is 17.5. The zero-order valence-corrected chi connectivity index (χ0v) is 19.9. The van der Waals surface area contributed by atoms with Crippen molar-refractivity contribution in [2.45, 2.75) is 50.6 Å². The number of hydrogen-bond donors (Lipinski definition) is 3. The largest absolute Gasteiger partial charge is 0.467 e. The molecule has 3 N–H and O–H groups in total. The van der Waals surface area contributed by atoms with E-state index in [2.05, 4.69) is 20.6 Å². The molecule has 8 nitrogen and oxygen atoms in total. The third kappa shape index (κ3) is 8.73. The summed E-state index contributed by atoms with van der Waals surface area (Å²) < 4.78 is 4.91. The lowest BCUT2D eigenvalue weighted by Crippen LogP contribution is -2.52. The monoisotopic (exact) mass is 476 g/mol. The fourth-order valence-corrected chi connectivity index (χ4v) is 3.81. The average molecular weight is 477 g/mol. The van der Waals surface area contributed by atoms with Gasteiger partial charge in [-0.3, -0.25) is 9.59 Å². The molecule has 0 spiro atoms. The summed E-state index contributed by atoms with van der Waals surface area (Å²) in [5.41, 5.74) is 2.91. The Bertz CT molecular complexity index is 1060. The molecule has 0 aliphatic carbocycles. The van der Waals surface area contributed by atoms with Gasteiger partial charge >= 0.3 is 5.97 Å². The number of carbonyl (C=O) groups is 3. The van der Waals surface area contributed by atoms with E-state index in [4.69, 9.17) is 4.74 Å². The Morgan fingerprint density at radius 2 is 1.60 bits per heavy atom. The Morgan fingerprint density at radius 3 is 2.23 bits per heavy atom. The van der Waals surface area contributed by atoms with Crippen LogP contribution in [0, 0.1) is 0 Å². The molecule has 8 heteroatoms. The summed E-state index contributed by atoms with van der Waals surface area (Å²) in [4.78, 5) is 45.3. The minimum atomic E-state index is -0.819. The molecule has 1 unspecified atom stereocenters. The summed E-state index contributed by atoms with van der Waals surface area (Å²) in [5, 5.41) is 5.65. The highest BCUT2D eigenvalue weighted by Gasteiger charge is 2.27. The second kappa shape index (κ2) is 13.7. The lowest BCUT2D eigenvalue weighted by molar-refractivity contribution is -0.145. The molecule has 2 amide bonds. The molecule has 35 heavy (non-hydrogen) atoms. The fraction of sp³-hybridized carbons (Fsp3) is 0.333. The summed E-state index contributed by atoms with van der Waals surface area (Å²) in [6.45, 7) is 0. The number of nitrogens with one attached hydrogen (secondary N) is 3. The SMILES string of the molecule is COC(=O)C(CCCc1cnc[nH]1)NC(=O)[C@@H](Cc1ccccc1)NC(=O)CCc1ccccc1. The van der Waals surface area contributed by atoms with Crippen LogP contribution in [0.2, 0.25) is 0 Å². The first-order chi connectivity index (χ1) is 17.0. The lowest BCUT2D eigenvalue weighted by Gasteiger charge is -2.22. The summed E-state index contributed by atoms with van der Waals surface area (Å²) >= 11 is 0. The van der Waals surface area contributed by atoms with E-state index in [0.717, 1.165) is 16.8 Å². The third-order valence-electron chi connectivity index (χ3n) is 5.71. The molecule has 2 aromatic carbocycles. The Hall–Kier alpha value is -3.94. The van der Waals surface area contributed by atoms with Crippen molar-refractivity contribution in [1.29, 1.82) is 0 Å². The second-order valence-electron chi connectivity index (χ2n) is 8.35. The van der Waals surface area contributed by atoms with Crippen molar-refractivity contribution in [3.63, 3.8) is 0 Å². The van der Waals surface area contributed by atoms with Gasteiger partial charge in [0, 0.05) is 24.7 Å². The molecule has 3 rings (SSSR count). The van der Waals surface area contributed by atoms with Crippen molar-refractivity contribution >= 4 is 17.8 Å². The molecule has 0 radical (unpaired) electrons. The summed E-state index contributed by atoms with van der Waals surface area (Å²) in [7, 11) is 1.29. The molecule has 0 saturated heterocycles. The Morgan fingerprint density at radius 1 is 0.914 bits per heavy atom. The van der Waals surface area contributed by atoms with Gasteiger partial charge in [-0.25, -0.2) is 9.78 Å². The highest BCUT2D eigenvalue weighted by Crippen LogP contribution is 2.09. The number of carbonyl (C=O) groups excluding carboxylic acids is 3. The molecule has 0 fully saturated rings. The molecule has 2 atom stereocenters. The maximum Gasteiger partial charge on any atom is 0.328 e. The van der Waals surface area contributed by atoms with Crippen LogP contribution < -0.4 is 10.6 Å². The van der Waals surface area contributed by atoms with Crippen molar-refractivity contribution in [1.82, 2.24) is 20.6 Å². The number of aromatic nitrogens is 2. The van der Waals surface area contributed by atoms with Gasteiger partial charge in [-0.2, -0.15) is 0 Å². The van der Waals surface area contributed by atoms with E-state index in [1.807, 2.05) is 60.7 Å². The number of esters is 1. The molecule has 184 valence electrons. The number of aryl methyl sites for hydroxylation is 2. The van der Waals surface area contributed by atoms with E-state index in [1.165, 1.54) is 7.11 Å². The number of methoxy groups -OCH3 is 1. The summed E-state index contributed by atoms with van der Waals surface area (Å²) in [6.07, 6.45) is 6.21. The quantitative estimate of drug-likeness (QED) is 0.328. The number of amides is 2. The van der Waals surface area contributed by atoms with Gasteiger partial charge in [-0.1, -0.05) is 60.7 Å². The Labute approximate surface area is 205 Å². The van der Waals surface area contributed by atoms with Gasteiger partial charge in [0.2, 0.25) is 11.8 Å². The number of H-pyrrole nitrogens is 1. The highest BCUT2D eigenvalue weighted by molar-refractivity contribution is 5.91. The van der Waals surface area contributed by atoms with Crippen LogP contribution in [0.3, 0.4) is 0 Å². The van der Waals surface area contributed by atoms with Crippen molar-refractivity contribution < 1.29 is 19.1 Å². The first kappa shape index (κ1) is 25.7. The number of benzene rings is 2. The standard InChI is InChI=1S/C27H32N4O4/c1-35-27(34)23(14-8-13-22-18-28-19-29-22)31-26(33)24(17-21-11-6-3-7-12-21)30-25(32)16-15-20-9-4-2-5-10-20/h2-7,9-12,18-19,23-24H,8,13-17H2,1H3,(H,28,29)(H,30,32)(H,31,33)/t23?,24-/m1/s1. The molecule has 0 saturated carbocycles. The van der Waals surface area contributed by atoms with Crippen molar-refractivity contribution in [2.75, 3.05) is 7.11 Å². The zero-order valence-electron chi connectivity index (χ0n) is 19.9. The number of imidazole rings is 1. The fourth-order valence-electron chi connectivity index (χ4n) is 3.81. The van der Waals surface area contributed by atoms with E-state index >= 15 is 0 Å². The van der Waals surface area contributed by atoms with Gasteiger partial charge < -0.3 is 20.4 Å². The minimum Gasteiger partial charge on any atom is -0.467 e. The van der Waals surface area contributed by atoms with Crippen LogP contribution in [0.5, 0.6) is 0 Å². The predicted octanol–water partition coefficient (Wildman–Crippen LogP) is 2.75. The number of nitrogens with zero attached hydrogens (tertiary/aromatic N) is 1. The van der Waals surface area contributed by atoms with Crippen LogP contribution in [0.1, 0.15) is 36.1 Å². The van der Waals surface area contributed by atoms with Crippen LogP contribution in [0.15, 0.2) is 73.2 Å². The Kier molecular flexibility index (Phi) is 10.0. The molecule has 0 aliphatic rings. The molecule has 3 aromatic rings. The maximum atomic E-state index is 13.2. The third-order valence-corrected chi connectivity index (χ3v) is 5.71. The molecule has 0 aliphatic heterocycles. The minimum absolute atomic E-state index is 0.223. The first-order valence-electron chi connectivity index (χ1n) is 11.8. The number of hydrogen-bond acceptors (Lipinski definition) is 5. The van der Waals surface area contributed by atoms with Crippen LogP contribution in [0.4, 0.5) is 0 Å².